The monoisotopic (exact) mass is 476 g/mol. The Labute approximate surface area is 204 Å². The number of nitrogens with one attached hydrogen (secondary N) is 1. The number of carbonyl (C=O) groups excluding carboxylic acids is 1. The Morgan fingerprint density at radius 2 is 1.59 bits per heavy atom. The minimum Gasteiger partial charge on any atom is -0.370 e. The summed E-state index contributed by atoms with van der Waals surface area (Å²) in [5.41, 5.74) is 9.07. The van der Waals surface area contributed by atoms with Gasteiger partial charge in [-0.05, 0) is 55.1 Å². The molecule has 3 nitrogen and oxygen atoms in total. The van der Waals surface area contributed by atoms with E-state index in [1.54, 1.807) is 0 Å². The highest BCUT2D eigenvalue weighted by molar-refractivity contribution is 6.42. The maximum atomic E-state index is 10.4. The van der Waals surface area contributed by atoms with Gasteiger partial charge in [0.25, 0.3) is 0 Å². The van der Waals surface area contributed by atoms with Crippen LogP contribution < -0.4 is 11.1 Å². The van der Waals surface area contributed by atoms with Crippen LogP contribution in [0.4, 0.5) is 0 Å². The van der Waals surface area contributed by atoms with E-state index >= 15 is 0 Å². The second kappa shape index (κ2) is 14.6. The van der Waals surface area contributed by atoms with Crippen LogP contribution in [-0.4, -0.2) is 13.0 Å². The molecule has 32 heavy (non-hydrogen) atoms. The second-order valence-electron chi connectivity index (χ2n) is 8.61. The molecule has 5 heteroatoms. The molecule has 0 aromatic heterocycles. The Morgan fingerprint density at radius 1 is 0.938 bits per heavy atom. The fourth-order valence-corrected chi connectivity index (χ4v) is 4.73. The lowest BCUT2D eigenvalue weighted by Gasteiger charge is -2.32. The number of amides is 1. The molecular formula is C27H38Cl2N2O. The summed E-state index contributed by atoms with van der Waals surface area (Å²) in [7, 11) is 2.03. The third kappa shape index (κ3) is 8.42. The fraction of sp³-hybridized carbons (Fsp3) is 0.519. The van der Waals surface area contributed by atoms with Gasteiger partial charge in [-0.25, -0.2) is 0 Å². The second-order valence-corrected chi connectivity index (χ2v) is 9.43. The van der Waals surface area contributed by atoms with Gasteiger partial charge in [-0.1, -0.05) is 99.0 Å². The van der Waals surface area contributed by atoms with E-state index in [0.717, 1.165) is 25.7 Å². The van der Waals surface area contributed by atoms with Gasteiger partial charge in [-0.3, -0.25) is 4.79 Å². The molecule has 0 aliphatic heterocycles. The number of hydrogen-bond acceptors (Lipinski definition) is 2. The summed E-state index contributed by atoms with van der Waals surface area (Å²) in [4.78, 5) is 10.4. The van der Waals surface area contributed by atoms with Crippen molar-refractivity contribution >= 4 is 29.1 Å². The topological polar surface area (TPSA) is 55.1 Å². The van der Waals surface area contributed by atoms with Crippen LogP contribution in [0.2, 0.25) is 10.0 Å². The number of rotatable bonds is 10. The van der Waals surface area contributed by atoms with Gasteiger partial charge < -0.3 is 11.1 Å². The summed E-state index contributed by atoms with van der Waals surface area (Å²) < 4.78 is 0. The van der Waals surface area contributed by atoms with Gasteiger partial charge in [0.1, 0.15) is 0 Å². The average molecular weight is 478 g/mol. The van der Waals surface area contributed by atoms with Gasteiger partial charge in [-0.15, -0.1) is 0 Å². The minimum absolute atomic E-state index is 0.163. The van der Waals surface area contributed by atoms with Crippen molar-refractivity contribution in [3.8, 4) is 0 Å². The summed E-state index contributed by atoms with van der Waals surface area (Å²) in [6.45, 7) is 2.22. The summed E-state index contributed by atoms with van der Waals surface area (Å²) in [6.07, 6.45) is 11.5. The summed E-state index contributed by atoms with van der Waals surface area (Å²) in [5, 5.41) is 4.66. The molecule has 0 radical (unpaired) electrons. The molecular weight excluding hydrogens is 439 g/mol. The number of unbranched alkanes of at least 4 members (excludes halogenated alkanes) is 6. The Balaban J connectivity index is 0.000000262. The molecule has 0 fully saturated rings. The van der Waals surface area contributed by atoms with E-state index in [4.69, 9.17) is 28.9 Å². The normalized spacial score (nSPS) is 17.2. The molecule has 0 spiro atoms. The maximum absolute atomic E-state index is 10.4. The zero-order valence-electron chi connectivity index (χ0n) is 19.5. The Hall–Kier alpha value is -1.55. The van der Waals surface area contributed by atoms with Crippen LogP contribution in [0, 0.1) is 0 Å². The number of carbonyl (C=O) groups is 1. The molecule has 0 bridgehead atoms. The van der Waals surface area contributed by atoms with Crippen LogP contribution >= 0.6 is 23.2 Å². The molecule has 1 aliphatic carbocycles. The molecule has 0 saturated carbocycles. The third-order valence-electron chi connectivity index (χ3n) is 6.21. The number of hydrogen-bond donors (Lipinski definition) is 2. The zero-order chi connectivity index (χ0) is 23.3. The molecule has 0 unspecified atom stereocenters. The Bertz CT molecular complexity index is 840. The highest BCUT2D eigenvalue weighted by atomic mass is 35.5. The molecule has 176 valence electrons. The molecule has 0 heterocycles. The number of nitrogens with two attached hydrogens (primary N) is 1. The van der Waals surface area contributed by atoms with Crippen LogP contribution in [0.25, 0.3) is 0 Å². The van der Waals surface area contributed by atoms with Gasteiger partial charge in [0, 0.05) is 18.4 Å². The predicted molar refractivity (Wildman–Crippen MR) is 138 cm³/mol. The molecule has 1 amide bonds. The van der Waals surface area contributed by atoms with Crippen molar-refractivity contribution in [3.63, 3.8) is 0 Å². The summed E-state index contributed by atoms with van der Waals surface area (Å²) in [5.74, 6) is 0.245. The fourth-order valence-electron chi connectivity index (χ4n) is 4.42. The van der Waals surface area contributed by atoms with Crippen molar-refractivity contribution in [3.05, 3.63) is 69.2 Å². The highest BCUT2D eigenvalue weighted by Gasteiger charge is 2.27. The van der Waals surface area contributed by atoms with Gasteiger partial charge >= 0.3 is 0 Å². The smallest absolute Gasteiger partial charge is 0.217 e. The first-order valence-electron chi connectivity index (χ1n) is 12.0. The molecule has 2 aromatic rings. The van der Waals surface area contributed by atoms with Crippen molar-refractivity contribution in [1.82, 2.24) is 5.32 Å². The van der Waals surface area contributed by atoms with Crippen LogP contribution in [0.3, 0.4) is 0 Å². The third-order valence-corrected chi connectivity index (χ3v) is 6.95. The number of halogens is 2. The lowest BCUT2D eigenvalue weighted by Crippen LogP contribution is -2.24. The van der Waals surface area contributed by atoms with Gasteiger partial charge in [-0.2, -0.15) is 0 Å². The van der Waals surface area contributed by atoms with Crippen LogP contribution in [0.15, 0.2) is 42.5 Å². The van der Waals surface area contributed by atoms with Gasteiger partial charge in [0.05, 0.1) is 10.0 Å². The minimum atomic E-state index is -0.163. The van der Waals surface area contributed by atoms with E-state index < -0.39 is 0 Å². The van der Waals surface area contributed by atoms with Gasteiger partial charge in [0.15, 0.2) is 0 Å². The first-order valence-corrected chi connectivity index (χ1v) is 12.7. The van der Waals surface area contributed by atoms with E-state index in [1.807, 2.05) is 19.2 Å². The lowest BCUT2D eigenvalue weighted by atomic mass is 9.77. The molecule has 1 aliphatic rings. The Morgan fingerprint density at radius 3 is 2.22 bits per heavy atom. The first kappa shape index (κ1) is 26.7. The number of benzene rings is 2. The van der Waals surface area contributed by atoms with E-state index in [9.17, 15) is 4.79 Å². The zero-order valence-corrected chi connectivity index (χ0v) is 21.0. The first-order chi connectivity index (χ1) is 15.5. The van der Waals surface area contributed by atoms with Crippen LogP contribution in [0.1, 0.15) is 99.8 Å². The number of fused-ring (bicyclic) bond motifs is 1. The van der Waals surface area contributed by atoms with Crippen molar-refractivity contribution in [2.75, 3.05) is 7.05 Å². The summed E-state index contributed by atoms with van der Waals surface area (Å²) in [6, 6.07) is 15.1. The van der Waals surface area contributed by atoms with Crippen molar-refractivity contribution in [1.29, 1.82) is 0 Å². The van der Waals surface area contributed by atoms with E-state index in [2.05, 4.69) is 42.6 Å². The van der Waals surface area contributed by atoms with Crippen LogP contribution in [0.5, 0.6) is 0 Å². The van der Waals surface area contributed by atoms with E-state index in [-0.39, 0.29) is 5.91 Å². The Kier molecular flexibility index (Phi) is 12.2. The quantitative estimate of drug-likeness (QED) is 0.343. The lowest BCUT2D eigenvalue weighted by molar-refractivity contribution is -0.118. The highest BCUT2D eigenvalue weighted by Crippen LogP contribution is 2.42. The van der Waals surface area contributed by atoms with E-state index in [1.165, 1.54) is 48.8 Å². The average Bonchev–Trinajstić information content (AvgIpc) is 2.80. The molecule has 0 saturated heterocycles. The van der Waals surface area contributed by atoms with Crippen LogP contribution in [-0.2, 0) is 4.79 Å². The van der Waals surface area contributed by atoms with Crippen molar-refractivity contribution < 1.29 is 4.79 Å². The SMILES string of the molecule is CCCCCCCCCC(N)=O.CN[C@H]1CC[C@@H](c2ccc(Cl)c(Cl)c2)c2ccccc21. The molecule has 2 atom stereocenters. The molecule has 3 rings (SSSR count). The molecule has 3 N–H and O–H groups in total. The largest absolute Gasteiger partial charge is 0.370 e. The molecule has 2 aromatic carbocycles. The van der Waals surface area contributed by atoms with E-state index in [0.29, 0.717) is 28.4 Å². The maximum Gasteiger partial charge on any atom is 0.217 e. The number of primary amides is 1. The van der Waals surface area contributed by atoms with Crippen molar-refractivity contribution in [2.24, 2.45) is 5.73 Å². The van der Waals surface area contributed by atoms with Gasteiger partial charge in [0.2, 0.25) is 5.91 Å². The standard InChI is InChI=1S/C17H17Cl2N.C10H21NO/c1-20-17-9-7-12(13-4-2-3-5-14(13)17)11-6-8-15(18)16(19)10-11;1-2-3-4-5-6-7-8-9-10(11)12/h2-6,8,10,12,17,20H,7,9H2,1H3;2-9H2,1H3,(H2,11,12)/t12-,17-;/m0./s1. The summed E-state index contributed by atoms with van der Waals surface area (Å²) >= 11 is 12.2. The predicted octanol–water partition coefficient (Wildman–Crippen LogP) is 7.79. The van der Waals surface area contributed by atoms with Crippen molar-refractivity contribution in [2.45, 2.75) is 83.1 Å².